The molecule has 0 amide bonds. The lowest BCUT2D eigenvalue weighted by Crippen LogP contribution is -2.30. The van der Waals surface area contributed by atoms with Crippen LogP contribution in [-0.2, 0) is 0 Å². The monoisotopic (exact) mass is 311 g/mol. The summed E-state index contributed by atoms with van der Waals surface area (Å²) in [6.07, 6.45) is 1.80. The van der Waals surface area contributed by atoms with Gasteiger partial charge in [0, 0.05) is 11.3 Å². The Kier molecular flexibility index (Phi) is 4.16. The van der Waals surface area contributed by atoms with Crippen molar-refractivity contribution in [1.29, 1.82) is 0 Å². The Balaban J connectivity index is 1.98. The number of nitrogens with two attached hydrogens (primary N) is 1. The first-order valence-electron chi connectivity index (χ1n) is 7.66. The number of aromatic nitrogens is 3. The van der Waals surface area contributed by atoms with Gasteiger partial charge in [-0.25, -0.2) is 9.50 Å². The minimum Gasteiger partial charge on any atom is -0.399 e. The predicted octanol–water partition coefficient (Wildman–Crippen LogP) is 2.41. The normalized spacial score (nSPS) is 12.7. The van der Waals surface area contributed by atoms with Gasteiger partial charge < -0.3 is 16.2 Å². The third-order valence-corrected chi connectivity index (χ3v) is 3.90. The first-order valence-corrected chi connectivity index (χ1v) is 7.66. The largest absolute Gasteiger partial charge is 0.399 e. The number of nitrogen functional groups attached to an aromatic ring is 1. The van der Waals surface area contributed by atoms with Gasteiger partial charge >= 0.3 is 0 Å². The molecule has 0 aliphatic carbocycles. The minimum absolute atomic E-state index is 0.0385. The van der Waals surface area contributed by atoms with E-state index in [9.17, 15) is 5.11 Å². The van der Waals surface area contributed by atoms with E-state index in [0.29, 0.717) is 11.7 Å². The van der Waals surface area contributed by atoms with E-state index in [4.69, 9.17) is 5.73 Å². The first kappa shape index (κ1) is 15.3. The average Bonchev–Trinajstić information content (AvgIpc) is 2.96. The van der Waals surface area contributed by atoms with E-state index in [1.54, 1.807) is 10.7 Å². The van der Waals surface area contributed by atoms with Crippen molar-refractivity contribution in [3.63, 3.8) is 0 Å². The van der Waals surface area contributed by atoms with E-state index in [-0.39, 0.29) is 12.6 Å². The topological polar surface area (TPSA) is 88.5 Å². The number of anilines is 2. The molecule has 4 N–H and O–H groups in total. The summed E-state index contributed by atoms with van der Waals surface area (Å²) in [5, 5.41) is 17.3. The van der Waals surface area contributed by atoms with Crippen molar-refractivity contribution in [3.8, 4) is 11.3 Å². The number of imidazole rings is 1. The third kappa shape index (κ3) is 3.12. The fraction of sp³-hybridized carbons (Fsp3) is 0.294. The maximum atomic E-state index is 9.47. The molecule has 0 radical (unpaired) electrons. The number of rotatable bonds is 5. The van der Waals surface area contributed by atoms with Crippen LogP contribution < -0.4 is 11.1 Å². The van der Waals surface area contributed by atoms with Gasteiger partial charge in [0.15, 0.2) is 5.65 Å². The number of hydrogen-bond acceptors (Lipinski definition) is 5. The van der Waals surface area contributed by atoms with E-state index in [1.165, 1.54) is 0 Å². The molecule has 3 aromatic rings. The van der Waals surface area contributed by atoms with Crippen molar-refractivity contribution in [1.82, 2.24) is 14.6 Å². The van der Waals surface area contributed by atoms with Gasteiger partial charge in [-0.05, 0) is 30.2 Å². The number of benzene rings is 1. The number of hydrogen-bond donors (Lipinski definition) is 3. The van der Waals surface area contributed by atoms with E-state index in [1.807, 2.05) is 36.4 Å². The first-order chi connectivity index (χ1) is 11.1. The smallest absolute Gasteiger partial charge is 0.154 e. The molecule has 0 aliphatic heterocycles. The van der Waals surface area contributed by atoms with E-state index in [0.717, 1.165) is 22.6 Å². The number of nitrogens with zero attached hydrogens (tertiary/aromatic N) is 3. The highest BCUT2D eigenvalue weighted by molar-refractivity contribution is 5.65. The van der Waals surface area contributed by atoms with Crippen LogP contribution in [0.1, 0.15) is 13.8 Å². The second-order valence-corrected chi connectivity index (χ2v) is 5.93. The number of fused-ring (bicyclic) bond motifs is 1. The highest BCUT2D eigenvalue weighted by atomic mass is 16.3. The molecule has 2 aromatic heterocycles. The molecule has 23 heavy (non-hydrogen) atoms. The molecule has 6 heteroatoms. The molecule has 3 rings (SSSR count). The second kappa shape index (κ2) is 6.26. The van der Waals surface area contributed by atoms with Gasteiger partial charge in [-0.3, -0.25) is 0 Å². The van der Waals surface area contributed by atoms with Crippen molar-refractivity contribution in [2.75, 3.05) is 17.7 Å². The molecular formula is C17H21N5O. The van der Waals surface area contributed by atoms with Gasteiger partial charge in [0.2, 0.25) is 0 Å². The molecule has 1 aromatic carbocycles. The highest BCUT2D eigenvalue weighted by Crippen LogP contribution is 2.22. The van der Waals surface area contributed by atoms with Crippen LogP contribution in [-0.4, -0.2) is 32.4 Å². The van der Waals surface area contributed by atoms with Crippen LogP contribution in [0.2, 0.25) is 0 Å². The fourth-order valence-corrected chi connectivity index (χ4v) is 2.41. The molecule has 1 atom stereocenters. The van der Waals surface area contributed by atoms with Crippen LogP contribution in [0.4, 0.5) is 11.5 Å². The molecule has 0 spiro atoms. The van der Waals surface area contributed by atoms with Gasteiger partial charge in [-0.2, -0.15) is 0 Å². The van der Waals surface area contributed by atoms with Gasteiger partial charge in [0.05, 0.1) is 24.5 Å². The zero-order chi connectivity index (χ0) is 16.4. The van der Waals surface area contributed by atoms with Crippen LogP contribution >= 0.6 is 0 Å². The van der Waals surface area contributed by atoms with Crippen molar-refractivity contribution in [3.05, 3.63) is 42.6 Å². The number of aliphatic hydroxyl groups is 1. The van der Waals surface area contributed by atoms with Gasteiger partial charge in [-0.15, -0.1) is 5.10 Å². The summed E-state index contributed by atoms with van der Waals surface area (Å²) in [4.78, 5) is 4.39. The zero-order valence-corrected chi connectivity index (χ0v) is 13.3. The summed E-state index contributed by atoms with van der Waals surface area (Å²) in [6, 6.07) is 11.4. The van der Waals surface area contributed by atoms with E-state index >= 15 is 0 Å². The summed E-state index contributed by atoms with van der Waals surface area (Å²) in [6.45, 7) is 4.18. The molecule has 0 aliphatic rings. The standard InChI is InChI=1S/C17H21N5O/c1-11(2)14(10-23)20-16-7-8-17-19-9-15(22(17)21-16)12-3-5-13(18)6-4-12/h3-9,11,14,23H,10,18H2,1-2H3,(H,20,21)/t14-/m1/s1. The second-order valence-electron chi connectivity index (χ2n) is 5.93. The zero-order valence-electron chi connectivity index (χ0n) is 13.3. The average molecular weight is 311 g/mol. The van der Waals surface area contributed by atoms with Crippen LogP contribution in [0.15, 0.2) is 42.6 Å². The molecule has 0 unspecified atom stereocenters. The van der Waals surface area contributed by atoms with Crippen molar-refractivity contribution in [2.24, 2.45) is 5.92 Å². The third-order valence-electron chi connectivity index (χ3n) is 3.90. The minimum atomic E-state index is -0.0385. The Labute approximate surface area is 135 Å². The molecule has 120 valence electrons. The summed E-state index contributed by atoms with van der Waals surface area (Å²) >= 11 is 0. The van der Waals surface area contributed by atoms with Gasteiger partial charge in [-0.1, -0.05) is 26.0 Å². The molecule has 6 nitrogen and oxygen atoms in total. The molecule has 0 bridgehead atoms. The maximum Gasteiger partial charge on any atom is 0.154 e. The maximum absolute atomic E-state index is 9.47. The Morgan fingerprint density at radius 3 is 2.57 bits per heavy atom. The lowest BCUT2D eigenvalue weighted by atomic mass is 10.1. The fourth-order valence-electron chi connectivity index (χ4n) is 2.41. The summed E-state index contributed by atoms with van der Waals surface area (Å²) in [7, 11) is 0. The van der Waals surface area contributed by atoms with Crippen LogP contribution in [0.5, 0.6) is 0 Å². The molecule has 0 saturated heterocycles. The van der Waals surface area contributed by atoms with Crippen LogP contribution in [0.25, 0.3) is 16.9 Å². The summed E-state index contributed by atoms with van der Waals surface area (Å²) in [5.41, 5.74) is 9.13. The SMILES string of the molecule is CC(C)[C@@H](CO)Nc1ccc2ncc(-c3ccc(N)cc3)n2n1. The Hall–Kier alpha value is -2.60. The summed E-state index contributed by atoms with van der Waals surface area (Å²) in [5.74, 6) is 1.01. The number of aliphatic hydroxyl groups excluding tert-OH is 1. The van der Waals surface area contributed by atoms with Gasteiger partial charge in [0.25, 0.3) is 0 Å². The van der Waals surface area contributed by atoms with Crippen molar-refractivity contribution in [2.45, 2.75) is 19.9 Å². The lowest BCUT2D eigenvalue weighted by Gasteiger charge is -2.20. The Bertz CT molecular complexity index is 794. The van der Waals surface area contributed by atoms with E-state index < -0.39 is 0 Å². The van der Waals surface area contributed by atoms with Crippen molar-refractivity contribution >= 4 is 17.2 Å². The quantitative estimate of drug-likeness (QED) is 0.630. The van der Waals surface area contributed by atoms with Crippen molar-refractivity contribution < 1.29 is 5.11 Å². The summed E-state index contributed by atoms with van der Waals surface area (Å²) < 4.78 is 1.79. The van der Waals surface area contributed by atoms with Crippen LogP contribution in [0, 0.1) is 5.92 Å². The Morgan fingerprint density at radius 1 is 1.17 bits per heavy atom. The van der Waals surface area contributed by atoms with Gasteiger partial charge in [0.1, 0.15) is 5.82 Å². The Morgan fingerprint density at radius 2 is 1.91 bits per heavy atom. The predicted molar refractivity (Wildman–Crippen MR) is 92.2 cm³/mol. The van der Waals surface area contributed by atoms with Crippen LogP contribution in [0.3, 0.4) is 0 Å². The van der Waals surface area contributed by atoms with E-state index in [2.05, 4.69) is 29.2 Å². The highest BCUT2D eigenvalue weighted by Gasteiger charge is 2.14. The molecule has 2 heterocycles. The lowest BCUT2D eigenvalue weighted by molar-refractivity contribution is 0.249. The number of nitrogens with one attached hydrogen (secondary N) is 1. The molecule has 0 saturated carbocycles. The molecule has 0 fully saturated rings. The molecular weight excluding hydrogens is 290 g/mol.